The van der Waals surface area contributed by atoms with Crippen molar-refractivity contribution in [3.8, 4) is 0 Å². The van der Waals surface area contributed by atoms with Gasteiger partial charge in [0.15, 0.2) is 0 Å². The molecule has 0 saturated carbocycles. The summed E-state index contributed by atoms with van der Waals surface area (Å²) in [5, 5.41) is 0. The van der Waals surface area contributed by atoms with Crippen LogP contribution in [0.1, 0.15) is 13.8 Å². The lowest BCUT2D eigenvalue weighted by molar-refractivity contribution is 0.187. The Labute approximate surface area is 58.6 Å². The van der Waals surface area contributed by atoms with Crippen LogP contribution in [0.15, 0.2) is 0 Å². The van der Waals surface area contributed by atoms with Crippen molar-refractivity contribution < 1.29 is 13.6 Å². The third kappa shape index (κ3) is 1.68. The normalized spacial score (nSPS) is 41.2. The zero-order chi connectivity index (χ0) is 7.07. The lowest BCUT2D eigenvalue weighted by atomic mass is 10.3. The van der Waals surface area contributed by atoms with E-state index >= 15 is 0 Å². The molecule has 1 fully saturated rings. The highest BCUT2D eigenvalue weighted by atomic mass is 35.7. The third-order valence-electron chi connectivity index (χ3n) is 1.25. The Morgan fingerprint density at radius 3 is 1.78 bits per heavy atom. The number of hydrogen-bond donors (Lipinski definition) is 0. The monoisotopic (exact) mass is 170 g/mol. The van der Waals surface area contributed by atoms with E-state index in [0.717, 1.165) is 0 Å². The van der Waals surface area contributed by atoms with Crippen molar-refractivity contribution >= 4 is 18.2 Å². The molecule has 3 nitrogen and oxygen atoms in total. The van der Waals surface area contributed by atoms with Gasteiger partial charge in [0.05, 0.1) is 12.2 Å². The molecule has 0 N–H and O–H groups in total. The van der Waals surface area contributed by atoms with E-state index < -0.39 is 6.95 Å². The summed E-state index contributed by atoms with van der Waals surface area (Å²) >= 11 is 5.27. The minimum atomic E-state index is -3.18. The van der Waals surface area contributed by atoms with E-state index in [1.54, 1.807) is 13.8 Å². The second-order valence-electron chi connectivity index (χ2n) is 2.05. The lowest BCUT2D eigenvalue weighted by Crippen LogP contribution is -2.13. The molecular weight excluding hydrogens is 162 g/mol. The van der Waals surface area contributed by atoms with Crippen molar-refractivity contribution in [3.63, 3.8) is 0 Å². The van der Waals surface area contributed by atoms with Crippen molar-refractivity contribution in [1.29, 1.82) is 0 Å². The smallest absolute Gasteiger partial charge is 0.291 e. The van der Waals surface area contributed by atoms with E-state index in [4.69, 9.17) is 20.3 Å². The summed E-state index contributed by atoms with van der Waals surface area (Å²) in [5.74, 6) is 0. The minimum absolute atomic E-state index is 0.159. The molecule has 0 aromatic heterocycles. The first-order valence-electron chi connectivity index (χ1n) is 2.68. The summed E-state index contributed by atoms with van der Waals surface area (Å²) in [6.07, 6.45) is -0.318. The second kappa shape index (κ2) is 2.24. The molecule has 54 valence electrons. The Morgan fingerprint density at radius 1 is 1.33 bits per heavy atom. The molecule has 1 heterocycles. The molecule has 5 heteroatoms. The Kier molecular flexibility index (Phi) is 1.88. The molecule has 0 spiro atoms. The molecule has 1 saturated heterocycles. The Hall–Kier alpha value is 0.440. The average molecular weight is 171 g/mol. The second-order valence-corrected chi connectivity index (χ2v) is 4.58. The molecule has 0 aliphatic carbocycles. The molecule has 0 amide bonds. The van der Waals surface area contributed by atoms with Gasteiger partial charge in [0, 0.05) is 11.2 Å². The van der Waals surface area contributed by atoms with Crippen LogP contribution in [0.5, 0.6) is 0 Å². The first-order valence-corrected chi connectivity index (χ1v) is 5.12. The van der Waals surface area contributed by atoms with Crippen LogP contribution in [0, 0.1) is 0 Å². The van der Waals surface area contributed by atoms with Gasteiger partial charge in [-0.05, 0) is 13.8 Å². The fraction of sp³-hybridized carbons (Fsp3) is 1.00. The van der Waals surface area contributed by atoms with Gasteiger partial charge in [-0.1, -0.05) is 0 Å². The van der Waals surface area contributed by atoms with Crippen LogP contribution in [0.2, 0.25) is 0 Å². The van der Waals surface area contributed by atoms with Crippen molar-refractivity contribution in [1.82, 2.24) is 0 Å². The summed E-state index contributed by atoms with van der Waals surface area (Å²) in [6.45, 7) is 0.358. The first kappa shape index (κ1) is 7.55. The standard InChI is InChI=1S/C4H8ClO3P/c1-3-4(2)8-9(5,6)7-3/h3-4H,1-2H3/t3-,4-/m0/s1. The summed E-state index contributed by atoms with van der Waals surface area (Å²) in [6, 6.07) is 0. The molecule has 0 bridgehead atoms. The summed E-state index contributed by atoms with van der Waals surface area (Å²) < 4.78 is 20.3. The number of rotatable bonds is 0. The van der Waals surface area contributed by atoms with Crippen molar-refractivity contribution in [2.45, 2.75) is 26.1 Å². The van der Waals surface area contributed by atoms with E-state index in [0.29, 0.717) is 0 Å². The largest absolute Gasteiger partial charge is 0.424 e. The highest BCUT2D eigenvalue weighted by molar-refractivity contribution is 7.81. The predicted octanol–water partition coefficient (Wildman–Crippen LogP) is 2.16. The van der Waals surface area contributed by atoms with E-state index in [-0.39, 0.29) is 12.2 Å². The van der Waals surface area contributed by atoms with Gasteiger partial charge in [0.2, 0.25) is 0 Å². The van der Waals surface area contributed by atoms with Crippen LogP contribution in [-0.4, -0.2) is 12.2 Å². The molecule has 0 unspecified atom stereocenters. The van der Waals surface area contributed by atoms with Gasteiger partial charge in [0.25, 0.3) is 0 Å². The fourth-order valence-electron chi connectivity index (χ4n) is 0.593. The lowest BCUT2D eigenvalue weighted by Gasteiger charge is -2.00. The minimum Gasteiger partial charge on any atom is -0.291 e. The van der Waals surface area contributed by atoms with Crippen molar-refractivity contribution in [2.75, 3.05) is 0 Å². The third-order valence-corrected chi connectivity index (χ3v) is 2.89. The zero-order valence-corrected chi connectivity index (χ0v) is 6.85. The van der Waals surface area contributed by atoms with Gasteiger partial charge in [-0.3, -0.25) is 9.05 Å². The number of hydrogen-bond acceptors (Lipinski definition) is 3. The van der Waals surface area contributed by atoms with Crippen LogP contribution in [0.4, 0.5) is 0 Å². The van der Waals surface area contributed by atoms with Gasteiger partial charge in [0.1, 0.15) is 0 Å². The maximum Gasteiger partial charge on any atom is 0.424 e. The highest BCUT2D eigenvalue weighted by Crippen LogP contribution is 2.60. The molecule has 0 aromatic rings. The zero-order valence-electron chi connectivity index (χ0n) is 5.20. The maximum atomic E-state index is 10.8. The molecule has 9 heavy (non-hydrogen) atoms. The molecule has 1 rings (SSSR count). The Bertz CT molecular complexity index is 146. The quantitative estimate of drug-likeness (QED) is 0.523. The molecule has 1 aliphatic rings. The van der Waals surface area contributed by atoms with Gasteiger partial charge in [-0.15, -0.1) is 0 Å². The number of halogens is 1. The van der Waals surface area contributed by atoms with Crippen molar-refractivity contribution in [2.24, 2.45) is 0 Å². The van der Waals surface area contributed by atoms with E-state index in [1.807, 2.05) is 0 Å². The SMILES string of the molecule is C[C@@H]1OP(=O)(Cl)O[C@H]1C. The van der Waals surface area contributed by atoms with E-state index in [1.165, 1.54) is 0 Å². The summed E-state index contributed by atoms with van der Waals surface area (Å²) in [5.41, 5.74) is 0. The Morgan fingerprint density at radius 2 is 1.67 bits per heavy atom. The van der Waals surface area contributed by atoms with Crippen LogP contribution in [0.3, 0.4) is 0 Å². The van der Waals surface area contributed by atoms with Crippen LogP contribution in [-0.2, 0) is 13.6 Å². The van der Waals surface area contributed by atoms with Gasteiger partial charge < -0.3 is 0 Å². The summed E-state index contributed by atoms with van der Waals surface area (Å²) in [7, 11) is 0. The van der Waals surface area contributed by atoms with Crippen LogP contribution in [0.25, 0.3) is 0 Å². The molecule has 0 radical (unpaired) electrons. The summed E-state index contributed by atoms with van der Waals surface area (Å²) in [4.78, 5) is 0. The topological polar surface area (TPSA) is 35.5 Å². The van der Waals surface area contributed by atoms with E-state index in [2.05, 4.69) is 0 Å². The van der Waals surface area contributed by atoms with Crippen molar-refractivity contribution in [3.05, 3.63) is 0 Å². The molecular formula is C4H8ClO3P. The van der Waals surface area contributed by atoms with E-state index in [9.17, 15) is 4.57 Å². The average Bonchev–Trinajstić information content (AvgIpc) is 1.79. The molecule has 1 aliphatic heterocycles. The fourth-order valence-corrected chi connectivity index (χ4v) is 2.53. The predicted molar refractivity (Wildman–Crippen MR) is 34.6 cm³/mol. The first-order chi connectivity index (χ1) is 4.01. The van der Waals surface area contributed by atoms with Crippen LogP contribution < -0.4 is 0 Å². The molecule has 0 aromatic carbocycles. The highest BCUT2D eigenvalue weighted by Gasteiger charge is 2.37. The van der Waals surface area contributed by atoms with Gasteiger partial charge in [-0.2, -0.15) is 0 Å². The van der Waals surface area contributed by atoms with Gasteiger partial charge in [-0.25, -0.2) is 4.57 Å². The Balaban J connectivity index is 2.65. The maximum absolute atomic E-state index is 10.8. The molecule has 2 atom stereocenters. The van der Waals surface area contributed by atoms with Gasteiger partial charge >= 0.3 is 6.95 Å². The van der Waals surface area contributed by atoms with Crippen LogP contribution >= 0.6 is 18.2 Å².